The minimum Gasteiger partial charge on any atom is -0.348 e. The molecule has 158 valence electrons. The van der Waals surface area contributed by atoms with Crippen molar-refractivity contribution in [2.24, 2.45) is 0 Å². The molecule has 10 heteroatoms. The van der Waals surface area contributed by atoms with E-state index in [9.17, 15) is 18.8 Å². The minimum atomic E-state index is -0.544. The molecule has 0 aliphatic heterocycles. The largest absolute Gasteiger partial charge is 0.348 e. The van der Waals surface area contributed by atoms with Crippen molar-refractivity contribution in [1.29, 1.82) is 0 Å². The molecule has 3 amide bonds. The van der Waals surface area contributed by atoms with Crippen molar-refractivity contribution >= 4 is 40.7 Å². The molecule has 1 heterocycles. The van der Waals surface area contributed by atoms with Crippen molar-refractivity contribution in [3.8, 4) is 0 Å². The van der Waals surface area contributed by atoms with Gasteiger partial charge in [-0.05, 0) is 55.3 Å². The quantitative estimate of drug-likeness (QED) is 0.467. The van der Waals surface area contributed by atoms with Gasteiger partial charge in [-0.3, -0.25) is 14.4 Å². The lowest BCUT2D eigenvalue weighted by atomic mass is 10.2. The number of amides is 3. The van der Waals surface area contributed by atoms with Gasteiger partial charge in [0, 0.05) is 17.4 Å². The Bertz CT molecular complexity index is 1160. The highest BCUT2D eigenvalue weighted by Gasteiger charge is 2.27. The SMILES string of the molecule is O=C(Nc1ccc(NC(=O)c2nc[nH]c2C(=O)NC2CC2)cc1)c1ccc(F)cc1Cl. The molecule has 1 fully saturated rings. The molecular formula is C21H17ClFN5O3. The Morgan fingerprint density at radius 2 is 1.61 bits per heavy atom. The van der Waals surface area contributed by atoms with Crippen molar-refractivity contribution in [2.75, 3.05) is 10.6 Å². The second-order valence-electron chi connectivity index (χ2n) is 6.98. The van der Waals surface area contributed by atoms with Crippen LogP contribution in [0, 0.1) is 5.82 Å². The third-order valence-corrected chi connectivity index (χ3v) is 4.88. The van der Waals surface area contributed by atoms with Gasteiger partial charge in [-0.15, -0.1) is 0 Å². The van der Waals surface area contributed by atoms with Crippen LogP contribution in [0.3, 0.4) is 0 Å². The summed E-state index contributed by atoms with van der Waals surface area (Å²) in [4.78, 5) is 43.7. The van der Waals surface area contributed by atoms with E-state index < -0.39 is 17.6 Å². The molecule has 31 heavy (non-hydrogen) atoms. The lowest BCUT2D eigenvalue weighted by Gasteiger charge is -2.09. The molecule has 0 spiro atoms. The smallest absolute Gasteiger partial charge is 0.276 e. The Hall–Kier alpha value is -3.72. The molecule has 0 atom stereocenters. The third kappa shape index (κ3) is 4.89. The van der Waals surface area contributed by atoms with E-state index in [-0.39, 0.29) is 33.9 Å². The first-order chi connectivity index (χ1) is 14.9. The van der Waals surface area contributed by atoms with E-state index in [2.05, 4.69) is 25.9 Å². The predicted molar refractivity (Wildman–Crippen MR) is 113 cm³/mol. The maximum atomic E-state index is 13.1. The van der Waals surface area contributed by atoms with E-state index >= 15 is 0 Å². The number of anilines is 2. The fraction of sp³-hybridized carbons (Fsp3) is 0.143. The normalized spacial score (nSPS) is 12.8. The average molecular weight is 442 g/mol. The molecule has 4 rings (SSSR count). The summed E-state index contributed by atoms with van der Waals surface area (Å²) < 4.78 is 13.1. The second-order valence-corrected chi connectivity index (χ2v) is 7.39. The van der Waals surface area contributed by atoms with Crippen molar-refractivity contribution in [3.05, 3.63) is 76.6 Å². The lowest BCUT2D eigenvalue weighted by molar-refractivity contribution is 0.0933. The van der Waals surface area contributed by atoms with Crippen LogP contribution in [-0.4, -0.2) is 33.7 Å². The van der Waals surface area contributed by atoms with Crippen LogP contribution in [0.1, 0.15) is 44.2 Å². The Kier molecular flexibility index (Phi) is 5.68. The molecule has 2 aromatic carbocycles. The second kappa shape index (κ2) is 8.57. The number of aromatic amines is 1. The highest BCUT2D eigenvalue weighted by molar-refractivity contribution is 6.34. The van der Waals surface area contributed by atoms with Gasteiger partial charge in [0.25, 0.3) is 17.7 Å². The molecule has 3 aromatic rings. The zero-order valence-electron chi connectivity index (χ0n) is 16.0. The van der Waals surface area contributed by atoms with Crippen LogP contribution in [0.15, 0.2) is 48.8 Å². The molecule has 0 bridgehead atoms. The summed E-state index contributed by atoms with van der Waals surface area (Å²) in [6, 6.07) is 9.97. The van der Waals surface area contributed by atoms with Crippen molar-refractivity contribution in [3.63, 3.8) is 0 Å². The van der Waals surface area contributed by atoms with Crippen LogP contribution in [0.5, 0.6) is 0 Å². The minimum absolute atomic E-state index is 0.00177. The Morgan fingerprint density at radius 1 is 0.968 bits per heavy atom. The number of nitrogens with one attached hydrogen (secondary N) is 4. The number of aromatic nitrogens is 2. The van der Waals surface area contributed by atoms with Gasteiger partial charge in [0.05, 0.1) is 16.9 Å². The van der Waals surface area contributed by atoms with E-state index in [1.54, 1.807) is 24.3 Å². The van der Waals surface area contributed by atoms with Gasteiger partial charge in [0.15, 0.2) is 5.69 Å². The number of hydrogen-bond acceptors (Lipinski definition) is 4. The van der Waals surface area contributed by atoms with Crippen LogP contribution in [0.2, 0.25) is 5.02 Å². The number of rotatable bonds is 6. The molecule has 0 unspecified atom stereocenters. The summed E-state index contributed by atoms with van der Waals surface area (Å²) >= 11 is 5.90. The predicted octanol–water partition coefficient (Wildman–Crippen LogP) is 3.60. The van der Waals surface area contributed by atoms with Crippen LogP contribution in [-0.2, 0) is 0 Å². The van der Waals surface area contributed by atoms with E-state index in [1.807, 2.05) is 0 Å². The highest BCUT2D eigenvalue weighted by atomic mass is 35.5. The van der Waals surface area contributed by atoms with Crippen molar-refractivity contribution in [1.82, 2.24) is 15.3 Å². The number of carbonyl (C=O) groups is 3. The summed E-state index contributed by atoms with van der Waals surface area (Å²) in [6.45, 7) is 0. The maximum Gasteiger partial charge on any atom is 0.276 e. The van der Waals surface area contributed by atoms with E-state index in [0.717, 1.165) is 25.0 Å². The van der Waals surface area contributed by atoms with Gasteiger partial charge >= 0.3 is 0 Å². The Labute approximate surface area is 181 Å². The molecule has 1 aliphatic rings. The average Bonchev–Trinajstić information content (AvgIpc) is 3.40. The maximum absolute atomic E-state index is 13.1. The summed E-state index contributed by atoms with van der Waals surface area (Å²) in [5.74, 6) is -1.95. The summed E-state index contributed by atoms with van der Waals surface area (Å²) in [5, 5.41) is 8.11. The number of imidazole rings is 1. The number of benzene rings is 2. The van der Waals surface area contributed by atoms with Gasteiger partial charge in [-0.2, -0.15) is 0 Å². The van der Waals surface area contributed by atoms with Gasteiger partial charge in [0.2, 0.25) is 0 Å². The molecule has 1 aliphatic carbocycles. The van der Waals surface area contributed by atoms with Gasteiger partial charge in [0.1, 0.15) is 11.5 Å². The Morgan fingerprint density at radius 3 is 2.23 bits per heavy atom. The first-order valence-corrected chi connectivity index (χ1v) is 9.80. The summed E-state index contributed by atoms with van der Waals surface area (Å²) in [6.07, 6.45) is 3.14. The fourth-order valence-electron chi connectivity index (χ4n) is 2.82. The fourth-order valence-corrected chi connectivity index (χ4v) is 3.08. The first kappa shape index (κ1) is 20.5. The van der Waals surface area contributed by atoms with Crippen molar-refractivity contribution in [2.45, 2.75) is 18.9 Å². The van der Waals surface area contributed by atoms with Gasteiger partial charge in [-0.25, -0.2) is 9.37 Å². The first-order valence-electron chi connectivity index (χ1n) is 9.43. The number of hydrogen-bond donors (Lipinski definition) is 4. The van der Waals surface area contributed by atoms with Crippen molar-refractivity contribution < 1.29 is 18.8 Å². The number of H-pyrrole nitrogens is 1. The molecule has 8 nitrogen and oxygen atoms in total. The van der Waals surface area contributed by atoms with Crippen LogP contribution in [0.4, 0.5) is 15.8 Å². The zero-order valence-corrected chi connectivity index (χ0v) is 16.8. The summed E-state index contributed by atoms with van der Waals surface area (Å²) in [5.41, 5.74) is 1.12. The highest BCUT2D eigenvalue weighted by Crippen LogP contribution is 2.21. The lowest BCUT2D eigenvalue weighted by Crippen LogP contribution is -2.28. The molecule has 4 N–H and O–H groups in total. The van der Waals surface area contributed by atoms with Gasteiger partial charge < -0.3 is 20.9 Å². The van der Waals surface area contributed by atoms with E-state index in [0.29, 0.717) is 11.4 Å². The van der Waals surface area contributed by atoms with Crippen LogP contribution < -0.4 is 16.0 Å². The van der Waals surface area contributed by atoms with Crippen LogP contribution in [0.25, 0.3) is 0 Å². The summed E-state index contributed by atoms with van der Waals surface area (Å²) in [7, 11) is 0. The monoisotopic (exact) mass is 441 g/mol. The molecule has 1 aromatic heterocycles. The molecular weight excluding hydrogens is 425 g/mol. The zero-order chi connectivity index (χ0) is 22.0. The van der Waals surface area contributed by atoms with Crippen LogP contribution >= 0.6 is 11.6 Å². The van der Waals surface area contributed by atoms with E-state index in [4.69, 9.17) is 11.6 Å². The third-order valence-electron chi connectivity index (χ3n) is 4.57. The molecule has 0 saturated heterocycles. The number of halogens is 2. The number of nitrogens with zero attached hydrogens (tertiary/aromatic N) is 1. The standard InChI is InChI=1S/C21H17ClFN5O3/c22-16-9-11(23)1-8-15(16)19(29)26-12-2-4-13(5-3-12)27-20(30)17-18(25-10-24-17)21(31)28-14-6-7-14/h1-5,8-10,14H,6-7H2,(H,24,25)(H,26,29)(H,27,30)(H,28,31). The number of carbonyl (C=O) groups excluding carboxylic acids is 3. The molecule has 0 radical (unpaired) electrons. The molecule has 1 saturated carbocycles. The topological polar surface area (TPSA) is 116 Å². The van der Waals surface area contributed by atoms with Gasteiger partial charge in [-0.1, -0.05) is 11.6 Å². The van der Waals surface area contributed by atoms with E-state index in [1.165, 1.54) is 12.4 Å². The Balaban J connectivity index is 1.39.